The van der Waals surface area contributed by atoms with Crippen molar-refractivity contribution in [3.05, 3.63) is 72.3 Å². The Morgan fingerprint density at radius 3 is 2.58 bits per heavy atom. The molecule has 1 saturated heterocycles. The second-order valence-corrected chi connectivity index (χ2v) is 7.87. The van der Waals surface area contributed by atoms with E-state index in [4.69, 9.17) is 4.74 Å². The number of rotatable bonds is 9. The first-order valence-corrected chi connectivity index (χ1v) is 11.0. The molecule has 7 nitrogen and oxygen atoms in total. The molecule has 1 aromatic carbocycles. The van der Waals surface area contributed by atoms with E-state index in [-0.39, 0.29) is 6.61 Å². The lowest BCUT2D eigenvalue weighted by Crippen LogP contribution is -2.52. The van der Waals surface area contributed by atoms with E-state index in [2.05, 4.69) is 38.0 Å². The zero-order chi connectivity index (χ0) is 21.5. The van der Waals surface area contributed by atoms with E-state index < -0.39 is 0 Å². The van der Waals surface area contributed by atoms with Gasteiger partial charge in [0.05, 0.1) is 6.61 Å². The zero-order valence-electron chi connectivity index (χ0n) is 18.1. The second kappa shape index (κ2) is 10.5. The molecule has 4 rings (SSSR count). The molecule has 0 aliphatic carbocycles. The van der Waals surface area contributed by atoms with Crippen LogP contribution in [0.5, 0.6) is 5.75 Å². The molecule has 0 amide bonds. The summed E-state index contributed by atoms with van der Waals surface area (Å²) in [6.07, 6.45) is 6.32. The van der Waals surface area contributed by atoms with E-state index in [0.29, 0.717) is 18.6 Å². The van der Waals surface area contributed by atoms with Crippen molar-refractivity contribution in [2.45, 2.75) is 32.5 Å². The third-order valence-corrected chi connectivity index (χ3v) is 5.76. The predicted molar refractivity (Wildman–Crippen MR) is 120 cm³/mol. The number of hydrogen-bond donors (Lipinski definition) is 1. The Bertz CT molecular complexity index is 929. The Morgan fingerprint density at radius 1 is 1.03 bits per heavy atom. The van der Waals surface area contributed by atoms with Crippen molar-refractivity contribution in [1.29, 1.82) is 0 Å². The third-order valence-electron chi connectivity index (χ3n) is 5.76. The molecular formula is C24H31N5O2. The third kappa shape index (κ3) is 5.50. The number of nitrogens with zero attached hydrogens (tertiary/aromatic N) is 5. The van der Waals surface area contributed by atoms with Gasteiger partial charge in [0.1, 0.15) is 5.75 Å². The van der Waals surface area contributed by atoms with Gasteiger partial charge in [-0.1, -0.05) is 12.1 Å². The Balaban J connectivity index is 1.40. The summed E-state index contributed by atoms with van der Waals surface area (Å²) in [6.45, 7) is 7.49. The zero-order valence-corrected chi connectivity index (χ0v) is 18.1. The fraction of sp³-hybridized carbons (Fsp3) is 0.417. The predicted octanol–water partition coefficient (Wildman–Crippen LogP) is 2.73. The summed E-state index contributed by atoms with van der Waals surface area (Å²) in [5, 5.41) is 9.65. The fourth-order valence-corrected chi connectivity index (χ4v) is 4.21. The van der Waals surface area contributed by atoms with Gasteiger partial charge in [-0.2, -0.15) is 0 Å². The largest absolute Gasteiger partial charge is 0.494 e. The molecule has 1 aliphatic heterocycles. The van der Waals surface area contributed by atoms with Crippen LogP contribution in [0, 0.1) is 0 Å². The molecular weight excluding hydrogens is 390 g/mol. The van der Waals surface area contributed by atoms with Crippen LogP contribution in [-0.4, -0.2) is 68.3 Å². The Kier molecular flexibility index (Phi) is 7.30. The summed E-state index contributed by atoms with van der Waals surface area (Å²) in [5.74, 6) is 1.61. The summed E-state index contributed by atoms with van der Waals surface area (Å²) >= 11 is 0. The summed E-state index contributed by atoms with van der Waals surface area (Å²) < 4.78 is 7.60. The minimum absolute atomic E-state index is 0.201. The molecule has 0 unspecified atom stereocenters. The van der Waals surface area contributed by atoms with E-state index in [1.807, 2.05) is 42.0 Å². The van der Waals surface area contributed by atoms with Crippen LogP contribution in [0.3, 0.4) is 0 Å². The minimum Gasteiger partial charge on any atom is -0.494 e. The SMILES string of the molecule is CCOc1ccc(CN2CCN(Cc3cccn3-c3ncccn3)C[C@H]2CCO)cc1. The number of aromatic nitrogens is 3. The average molecular weight is 422 g/mol. The van der Waals surface area contributed by atoms with Crippen LogP contribution in [-0.2, 0) is 13.1 Å². The smallest absolute Gasteiger partial charge is 0.233 e. The van der Waals surface area contributed by atoms with Crippen molar-refractivity contribution in [2.24, 2.45) is 0 Å². The van der Waals surface area contributed by atoms with Crippen LogP contribution < -0.4 is 4.74 Å². The van der Waals surface area contributed by atoms with Gasteiger partial charge in [-0.3, -0.25) is 14.4 Å². The lowest BCUT2D eigenvalue weighted by molar-refractivity contribution is 0.0491. The quantitative estimate of drug-likeness (QED) is 0.573. The first-order chi connectivity index (χ1) is 15.3. The molecule has 31 heavy (non-hydrogen) atoms. The second-order valence-electron chi connectivity index (χ2n) is 7.87. The Morgan fingerprint density at radius 2 is 1.84 bits per heavy atom. The fourth-order valence-electron chi connectivity index (χ4n) is 4.21. The van der Waals surface area contributed by atoms with Gasteiger partial charge in [0, 0.05) is 69.7 Å². The highest BCUT2D eigenvalue weighted by Gasteiger charge is 2.27. The topological polar surface area (TPSA) is 66.7 Å². The summed E-state index contributed by atoms with van der Waals surface area (Å²) in [4.78, 5) is 13.7. The summed E-state index contributed by atoms with van der Waals surface area (Å²) in [7, 11) is 0. The van der Waals surface area contributed by atoms with Crippen molar-refractivity contribution in [3.8, 4) is 11.7 Å². The monoisotopic (exact) mass is 421 g/mol. The average Bonchev–Trinajstić information content (AvgIpc) is 3.26. The van der Waals surface area contributed by atoms with Gasteiger partial charge in [0.25, 0.3) is 0 Å². The number of ether oxygens (including phenoxy) is 1. The number of aliphatic hydroxyl groups is 1. The van der Waals surface area contributed by atoms with Gasteiger partial charge in [0.2, 0.25) is 5.95 Å². The summed E-state index contributed by atoms with van der Waals surface area (Å²) in [5.41, 5.74) is 2.45. The van der Waals surface area contributed by atoms with Gasteiger partial charge >= 0.3 is 0 Å². The van der Waals surface area contributed by atoms with Crippen LogP contribution in [0.25, 0.3) is 5.95 Å². The van der Waals surface area contributed by atoms with E-state index in [1.54, 1.807) is 12.4 Å². The van der Waals surface area contributed by atoms with Crippen LogP contribution in [0.4, 0.5) is 0 Å². The normalized spacial score (nSPS) is 17.7. The highest BCUT2D eigenvalue weighted by molar-refractivity contribution is 5.27. The molecule has 1 fully saturated rings. The molecule has 3 heterocycles. The van der Waals surface area contributed by atoms with Crippen LogP contribution >= 0.6 is 0 Å². The van der Waals surface area contributed by atoms with Crippen molar-refractivity contribution >= 4 is 0 Å². The Labute approximate surface area is 183 Å². The molecule has 164 valence electrons. The molecule has 3 aromatic rings. The van der Waals surface area contributed by atoms with Crippen LogP contribution in [0.1, 0.15) is 24.6 Å². The molecule has 7 heteroatoms. The van der Waals surface area contributed by atoms with Crippen molar-refractivity contribution < 1.29 is 9.84 Å². The van der Waals surface area contributed by atoms with Crippen molar-refractivity contribution in [3.63, 3.8) is 0 Å². The standard InChI is InChI=1S/C24H31N5O2/c1-2-31-23-8-6-20(7-9-23)17-28-15-14-27(18-21(28)10-16-30)19-22-5-3-13-29(22)24-25-11-4-12-26-24/h3-9,11-13,21,30H,2,10,14-19H2,1H3/t21-/m1/s1. The highest BCUT2D eigenvalue weighted by Crippen LogP contribution is 2.21. The highest BCUT2D eigenvalue weighted by atomic mass is 16.5. The van der Waals surface area contributed by atoms with Gasteiger partial charge in [-0.05, 0) is 49.2 Å². The molecule has 0 saturated carbocycles. The number of aliphatic hydroxyl groups excluding tert-OH is 1. The molecule has 2 aromatic heterocycles. The first kappa shape index (κ1) is 21.5. The van der Waals surface area contributed by atoms with Gasteiger partial charge < -0.3 is 9.84 Å². The summed E-state index contributed by atoms with van der Waals surface area (Å²) in [6, 6.07) is 14.7. The van der Waals surface area contributed by atoms with Crippen molar-refractivity contribution in [1.82, 2.24) is 24.3 Å². The van der Waals surface area contributed by atoms with Gasteiger partial charge in [0.15, 0.2) is 0 Å². The number of hydrogen-bond acceptors (Lipinski definition) is 6. The van der Waals surface area contributed by atoms with Gasteiger partial charge in [-0.15, -0.1) is 0 Å². The van der Waals surface area contributed by atoms with Gasteiger partial charge in [-0.25, -0.2) is 9.97 Å². The van der Waals surface area contributed by atoms with E-state index >= 15 is 0 Å². The molecule has 0 spiro atoms. The molecule has 0 radical (unpaired) electrons. The maximum Gasteiger partial charge on any atom is 0.233 e. The van der Waals surface area contributed by atoms with Crippen molar-refractivity contribution in [2.75, 3.05) is 32.8 Å². The van der Waals surface area contributed by atoms with E-state index in [9.17, 15) is 5.11 Å². The lowest BCUT2D eigenvalue weighted by Gasteiger charge is -2.41. The van der Waals surface area contributed by atoms with Crippen LogP contribution in [0.2, 0.25) is 0 Å². The molecule has 1 atom stereocenters. The molecule has 1 N–H and O–H groups in total. The molecule has 1 aliphatic rings. The maximum atomic E-state index is 9.65. The number of piperazine rings is 1. The Hall–Kier alpha value is -2.74. The minimum atomic E-state index is 0.201. The van der Waals surface area contributed by atoms with E-state index in [1.165, 1.54) is 11.3 Å². The van der Waals surface area contributed by atoms with Crippen LogP contribution in [0.15, 0.2) is 61.1 Å². The maximum absolute atomic E-state index is 9.65. The van der Waals surface area contributed by atoms with E-state index in [0.717, 1.165) is 44.9 Å². The lowest BCUT2D eigenvalue weighted by atomic mass is 10.1. The molecule has 0 bridgehead atoms. The first-order valence-electron chi connectivity index (χ1n) is 11.0. The number of benzene rings is 1.